The number of carbonyl (C=O) groups is 1. The first-order valence-corrected chi connectivity index (χ1v) is 10.3. The molecule has 1 aliphatic carbocycles. The molecule has 0 spiro atoms. The number of para-hydroxylation sites is 2. The Morgan fingerprint density at radius 1 is 1.26 bits per heavy atom. The summed E-state index contributed by atoms with van der Waals surface area (Å²) in [4.78, 5) is 20.2. The molecule has 0 aliphatic heterocycles. The van der Waals surface area contributed by atoms with Gasteiger partial charge in [-0.05, 0) is 37.8 Å². The van der Waals surface area contributed by atoms with Crippen molar-refractivity contribution in [3.8, 4) is 0 Å². The number of nitrogens with zero attached hydrogens (tertiary/aromatic N) is 4. The molecule has 3 atom stereocenters. The number of hydrogen-bond acceptors (Lipinski definition) is 4. The van der Waals surface area contributed by atoms with Gasteiger partial charge in [0.2, 0.25) is 11.7 Å². The molecule has 0 radical (unpaired) electrons. The lowest BCUT2D eigenvalue weighted by atomic mass is 9.88. The van der Waals surface area contributed by atoms with Crippen LogP contribution in [0.1, 0.15) is 44.0 Å². The molecule has 3 aromatic rings. The van der Waals surface area contributed by atoms with Gasteiger partial charge in [0.15, 0.2) is 0 Å². The van der Waals surface area contributed by atoms with E-state index in [2.05, 4.69) is 15.3 Å². The van der Waals surface area contributed by atoms with E-state index in [1.165, 1.54) is 6.07 Å². The molecule has 1 fully saturated rings. The molecule has 1 aliphatic rings. The van der Waals surface area contributed by atoms with Gasteiger partial charge in [-0.2, -0.15) is 13.2 Å². The zero-order chi connectivity index (χ0) is 22.0. The molecule has 10 heteroatoms. The number of aliphatic hydroxyl groups excluding tert-OH is 1. The van der Waals surface area contributed by atoms with Crippen molar-refractivity contribution >= 4 is 16.9 Å². The summed E-state index contributed by atoms with van der Waals surface area (Å²) >= 11 is 0. The number of aryl methyl sites for hydroxylation is 1. The van der Waals surface area contributed by atoms with Gasteiger partial charge in [-0.15, -0.1) is 0 Å². The van der Waals surface area contributed by atoms with Crippen LogP contribution in [0.5, 0.6) is 0 Å². The number of amides is 1. The predicted molar refractivity (Wildman–Crippen MR) is 107 cm³/mol. The van der Waals surface area contributed by atoms with Gasteiger partial charge in [0, 0.05) is 25.4 Å². The molecule has 1 saturated carbocycles. The summed E-state index contributed by atoms with van der Waals surface area (Å²) in [6.45, 7) is 0.0215. The highest BCUT2D eigenvalue weighted by molar-refractivity contribution is 5.77. The predicted octanol–water partition coefficient (Wildman–Crippen LogP) is 3.30. The normalized spacial score (nSPS) is 22.0. The van der Waals surface area contributed by atoms with E-state index in [9.17, 15) is 23.1 Å². The average Bonchev–Trinajstić information content (AvgIpc) is 3.38. The molecule has 1 aromatic carbocycles. The second-order valence-electron chi connectivity index (χ2n) is 7.85. The van der Waals surface area contributed by atoms with Crippen LogP contribution in [0.15, 0.2) is 43.0 Å². The van der Waals surface area contributed by atoms with Crippen LogP contribution in [0.25, 0.3) is 11.0 Å². The van der Waals surface area contributed by atoms with Gasteiger partial charge in [-0.25, -0.2) is 9.97 Å². The van der Waals surface area contributed by atoms with Crippen molar-refractivity contribution in [1.82, 2.24) is 24.4 Å². The van der Waals surface area contributed by atoms with E-state index >= 15 is 0 Å². The number of halogens is 3. The van der Waals surface area contributed by atoms with Gasteiger partial charge in [-0.3, -0.25) is 4.79 Å². The third-order valence-electron chi connectivity index (χ3n) is 5.77. The van der Waals surface area contributed by atoms with E-state index in [1.807, 2.05) is 4.57 Å². The minimum Gasteiger partial charge on any atom is -0.389 e. The molecule has 0 bridgehead atoms. The molecule has 0 unspecified atom stereocenters. The van der Waals surface area contributed by atoms with E-state index in [-0.39, 0.29) is 36.9 Å². The number of fused-ring (bicyclic) bond motifs is 1. The largest absolute Gasteiger partial charge is 0.449 e. The second kappa shape index (κ2) is 8.70. The van der Waals surface area contributed by atoms with Crippen molar-refractivity contribution in [2.45, 2.75) is 63.0 Å². The van der Waals surface area contributed by atoms with Crippen LogP contribution in [-0.4, -0.2) is 42.3 Å². The number of nitrogens with one attached hydrogen (secondary N) is 1. The molecular weight excluding hydrogens is 411 g/mol. The zero-order valence-corrected chi connectivity index (χ0v) is 16.8. The molecule has 2 N–H and O–H groups in total. The molecule has 7 nitrogen and oxygen atoms in total. The minimum atomic E-state index is -4.57. The number of aliphatic hydroxyl groups is 1. The smallest absolute Gasteiger partial charge is 0.389 e. The quantitative estimate of drug-likeness (QED) is 0.622. The first-order chi connectivity index (χ1) is 14.8. The summed E-state index contributed by atoms with van der Waals surface area (Å²) in [5.74, 6) is -1.24. The number of rotatable bonds is 6. The number of imidazole rings is 2. The van der Waals surface area contributed by atoms with Gasteiger partial charge in [0.05, 0.1) is 35.5 Å². The van der Waals surface area contributed by atoms with Crippen LogP contribution in [0.3, 0.4) is 0 Å². The molecule has 31 heavy (non-hydrogen) atoms. The molecule has 0 saturated heterocycles. The lowest BCUT2D eigenvalue weighted by molar-refractivity contribution is -0.146. The average molecular weight is 435 g/mol. The van der Waals surface area contributed by atoms with Crippen LogP contribution in [0.4, 0.5) is 13.2 Å². The highest BCUT2D eigenvalue weighted by atomic mass is 19.4. The number of aromatic nitrogens is 4. The van der Waals surface area contributed by atoms with Gasteiger partial charge in [-0.1, -0.05) is 12.1 Å². The highest BCUT2D eigenvalue weighted by Crippen LogP contribution is 2.32. The molecular formula is C21H24F3N5O2. The van der Waals surface area contributed by atoms with E-state index in [0.29, 0.717) is 11.9 Å². The second-order valence-corrected chi connectivity index (χ2v) is 7.85. The molecule has 2 heterocycles. The van der Waals surface area contributed by atoms with Gasteiger partial charge >= 0.3 is 6.18 Å². The number of benzene rings is 1. The number of hydrogen-bond donors (Lipinski definition) is 2. The summed E-state index contributed by atoms with van der Waals surface area (Å²) < 4.78 is 43.1. The first-order valence-electron chi connectivity index (χ1n) is 10.3. The van der Waals surface area contributed by atoms with Crippen molar-refractivity contribution in [1.29, 1.82) is 0 Å². The van der Waals surface area contributed by atoms with E-state index in [1.54, 1.807) is 36.9 Å². The minimum absolute atomic E-state index is 0.0215. The Morgan fingerprint density at radius 3 is 2.81 bits per heavy atom. The Kier molecular flexibility index (Phi) is 5.99. The summed E-state index contributed by atoms with van der Waals surface area (Å²) in [5, 5.41) is 13.5. The van der Waals surface area contributed by atoms with Crippen LogP contribution in [-0.2, 0) is 17.5 Å². The Hall–Kier alpha value is -2.88. The Morgan fingerprint density at radius 2 is 2.06 bits per heavy atom. The summed E-state index contributed by atoms with van der Waals surface area (Å²) in [7, 11) is 0. The van der Waals surface area contributed by atoms with E-state index < -0.39 is 24.1 Å². The lowest BCUT2D eigenvalue weighted by Gasteiger charge is -2.35. The summed E-state index contributed by atoms with van der Waals surface area (Å²) in [5.41, 5.74) is 0.663. The lowest BCUT2D eigenvalue weighted by Crippen LogP contribution is -2.49. The van der Waals surface area contributed by atoms with Crippen molar-refractivity contribution < 1.29 is 23.1 Å². The molecule has 4 rings (SSSR count). The zero-order valence-electron chi connectivity index (χ0n) is 16.8. The van der Waals surface area contributed by atoms with Gasteiger partial charge in [0.25, 0.3) is 0 Å². The van der Waals surface area contributed by atoms with Crippen LogP contribution in [0.2, 0.25) is 0 Å². The Balaban J connectivity index is 1.37. The third kappa shape index (κ3) is 4.58. The SMILES string of the molecule is O=C(CCCn1c(C(F)(F)F)nc2ccccc21)N[C@@H]1CCC[C@@H](n2ccnc2)[C@@H]1O. The topological polar surface area (TPSA) is 85.0 Å². The van der Waals surface area contributed by atoms with Gasteiger partial charge in [0.1, 0.15) is 0 Å². The standard InChI is InChI=1S/C21H24F3N5O2/c22-21(23,24)20-27-14-5-1-2-7-16(14)29(20)11-4-9-18(30)26-15-6-3-8-17(19(15)31)28-12-10-25-13-28/h1-2,5,7,10,12-13,15,17,19,31H,3-4,6,8-9,11H2,(H,26,30)/t15-,17-,19-/m1/s1. The third-order valence-corrected chi connectivity index (χ3v) is 5.77. The van der Waals surface area contributed by atoms with Crippen LogP contribution >= 0.6 is 0 Å². The summed E-state index contributed by atoms with van der Waals surface area (Å²) in [6, 6.07) is 5.87. The number of carbonyl (C=O) groups excluding carboxylic acids is 1. The maximum Gasteiger partial charge on any atom is 0.449 e. The monoisotopic (exact) mass is 435 g/mol. The van der Waals surface area contributed by atoms with E-state index in [4.69, 9.17) is 0 Å². The highest BCUT2D eigenvalue weighted by Gasteiger charge is 2.37. The van der Waals surface area contributed by atoms with Crippen LogP contribution < -0.4 is 5.32 Å². The Bertz CT molecular complexity index is 1030. The molecule has 166 valence electrons. The van der Waals surface area contributed by atoms with Crippen molar-refractivity contribution in [2.24, 2.45) is 0 Å². The number of alkyl halides is 3. The summed E-state index contributed by atoms with van der Waals surface area (Å²) in [6.07, 6.45) is 2.32. The van der Waals surface area contributed by atoms with Gasteiger partial charge < -0.3 is 19.6 Å². The first kappa shape index (κ1) is 21.4. The fraction of sp³-hybridized carbons (Fsp3) is 0.476. The van der Waals surface area contributed by atoms with Crippen molar-refractivity contribution in [3.63, 3.8) is 0 Å². The maximum absolute atomic E-state index is 13.4. The van der Waals surface area contributed by atoms with Crippen molar-refractivity contribution in [2.75, 3.05) is 0 Å². The molecule has 2 aromatic heterocycles. The van der Waals surface area contributed by atoms with Crippen molar-refractivity contribution in [3.05, 3.63) is 48.8 Å². The molecule has 1 amide bonds. The van der Waals surface area contributed by atoms with Crippen LogP contribution in [0, 0.1) is 0 Å². The fourth-order valence-electron chi connectivity index (χ4n) is 4.30. The van der Waals surface area contributed by atoms with E-state index in [0.717, 1.165) is 17.4 Å². The fourth-order valence-corrected chi connectivity index (χ4v) is 4.30. The maximum atomic E-state index is 13.4. The Labute approximate surface area is 176 Å².